The zero-order valence-corrected chi connectivity index (χ0v) is 8.04. The third-order valence-corrected chi connectivity index (χ3v) is 2.76. The van der Waals surface area contributed by atoms with E-state index < -0.39 is 0 Å². The van der Waals surface area contributed by atoms with E-state index in [9.17, 15) is 5.11 Å². The van der Waals surface area contributed by atoms with E-state index >= 15 is 0 Å². The van der Waals surface area contributed by atoms with Crippen LogP contribution in [0.3, 0.4) is 0 Å². The average Bonchev–Trinajstić information content (AvgIpc) is 2.17. The second-order valence-electron chi connectivity index (χ2n) is 3.72. The maximum Gasteiger partial charge on any atom is 0.0865 e. The molecule has 73 valence electrons. The standard InChI is InChI=1S/C10H17N2O/c11-5-8-12-6-3-10(4-7-12)2-1-9-13/h10H,1-4,6-9H2. The Hall–Kier alpha value is -0.590. The van der Waals surface area contributed by atoms with E-state index in [4.69, 9.17) is 5.26 Å². The monoisotopic (exact) mass is 181 g/mol. The molecule has 13 heavy (non-hydrogen) atoms. The molecule has 0 atom stereocenters. The Morgan fingerprint density at radius 1 is 1.38 bits per heavy atom. The molecule has 1 radical (unpaired) electrons. The Morgan fingerprint density at radius 2 is 2.08 bits per heavy atom. The van der Waals surface area contributed by atoms with Gasteiger partial charge in [-0.1, -0.05) is 0 Å². The first-order valence-corrected chi connectivity index (χ1v) is 5.04. The lowest BCUT2D eigenvalue weighted by molar-refractivity contribution is 0.158. The van der Waals surface area contributed by atoms with Crippen LogP contribution in [-0.2, 0) is 5.11 Å². The Balaban J connectivity index is 2.12. The van der Waals surface area contributed by atoms with Crippen molar-refractivity contribution in [3.05, 3.63) is 0 Å². The van der Waals surface area contributed by atoms with Crippen molar-refractivity contribution in [2.24, 2.45) is 5.92 Å². The average molecular weight is 181 g/mol. The molecule has 1 aliphatic heterocycles. The Kier molecular flexibility index (Phi) is 4.81. The van der Waals surface area contributed by atoms with Crippen molar-refractivity contribution in [2.75, 3.05) is 26.2 Å². The summed E-state index contributed by atoms with van der Waals surface area (Å²) in [6, 6.07) is 2.17. The smallest absolute Gasteiger partial charge is 0.0865 e. The molecule has 1 saturated heterocycles. The molecule has 0 spiro atoms. The van der Waals surface area contributed by atoms with Crippen LogP contribution in [0, 0.1) is 17.2 Å². The molecular weight excluding hydrogens is 164 g/mol. The summed E-state index contributed by atoms with van der Waals surface area (Å²) in [5.41, 5.74) is 0. The molecule has 1 rings (SSSR count). The normalized spacial score (nSPS) is 20.0. The first kappa shape index (κ1) is 10.5. The van der Waals surface area contributed by atoms with Gasteiger partial charge in [-0.25, -0.2) is 5.11 Å². The minimum Gasteiger partial charge on any atom is -0.291 e. The Bertz CT molecular complexity index is 168. The highest BCUT2D eigenvalue weighted by Crippen LogP contribution is 2.21. The fraction of sp³-hybridized carbons (Fsp3) is 0.900. The van der Waals surface area contributed by atoms with E-state index in [0.717, 1.165) is 31.8 Å². The first-order valence-electron chi connectivity index (χ1n) is 5.04. The van der Waals surface area contributed by atoms with Crippen LogP contribution in [0.1, 0.15) is 25.7 Å². The molecule has 0 bridgehead atoms. The van der Waals surface area contributed by atoms with Crippen molar-refractivity contribution in [1.29, 1.82) is 5.26 Å². The van der Waals surface area contributed by atoms with Gasteiger partial charge in [-0.3, -0.25) is 4.90 Å². The van der Waals surface area contributed by atoms with Gasteiger partial charge in [-0.2, -0.15) is 5.26 Å². The highest BCUT2D eigenvalue weighted by atomic mass is 16.2. The van der Waals surface area contributed by atoms with Crippen molar-refractivity contribution in [2.45, 2.75) is 25.7 Å². The number of rotatable bonds is 4. The van der Waals surface area contributed by atoms with E-state index in [1.165, 1.54) is 12.8 Å². The van der Waals surface area contributed by atoms with Gasteiger partial charge in [0, 0.05) is 0 Å². The maximum absolute atomic E-state index is 10.3. The molecule has 0 N–H and O–H groups in total. The van der Waals surface area contributed by atoms with Gasteiger partial charge in [0.1, 0.15) is 0 Å². The molecule has 3 nitrogen and oxygen atoms in total. The summed E-state index contributed by atoms with van der Waals surface area (Å²) in [6.45, 7) is 2.71. The number of nitriles is 1. The lowest BCUT2D eigenvalue weighted by Gasteiger charge is -2.29. The minimum absolute atomic E-state index is 0.0679. The first-order chi connectivity index (χ1) is 6.36. The fourth-order valence-corrected chi connectivity index (χ4v) is 1.91. The largest absolute Gasteiger partial charge is 0.291 e. The lowest BCUT2D eigenvalue weighted by atomic mass is 9.92. The lowest BCUT2D eigenvalue weighted by Crippen LogP contribution is -2.33. The summed E-state index contributed by atoms with van der Waals surface area (Å²) in [7, 11) is 0. The van der Waals surface area contributed by atoms with Gasteiger partial charge in [-0.15, -0.1) is 0 Å². The van der Waals surface area contributed by atoms with Crippen LogP contribution in [0.2, 0.25) is 0 Å². The van der Waals surface area contributed by atoms with Crippen LogP contribution in [0.15, 0.2) is 0 Å². The van der Waals surface area contributed by atoms with E-state index in [1.54, 1.807) is 0 Å². The highest BCUT2D eigenvalue weighted by Gasteiger charge is 2.17. The van der Waals surface area contributed by atoms with E-state index in [1.807, 2.05) is 0 Å². The van der Waals surface area contributed by atoms with E-state index in [-0.39, 0.29) is 6.61 Å². The fourth-order valence-electron chi connectivity index (χ4n) is 1.91. The molecule has 0 aromatic heterocycles. The predicted octanol–water partition coefficient (Wildman–Crippen LogP) is 1.43. The van der Waals surface area contributed by atoms with E-state index in [0.29, 0.717) is 6.54 Å². The van der Waals surface area contributed by atoms with Crippen molar-refractivity contribution in [3.8, 4) is 6.07 Å². The molecule has 0 amide bonds. The van der Waals surface area contributed by atoms with Crippen LogP contribution in [0.4, 0.5) is 0 Å². The van der Waals surface area contributed by atoms with Gasteiger partial charge in [0.2, 0.25) is 0 Å². The zero-order valence-electron chi connectivity index (χ0n) is 8.04. The van der Waals surface area contributed by atoms with Gasteiger partial charge in [-0.05, 0) is 44.7 Å². The predicted molar refractivity (Wildman–Crippen MR) is 49.6 cm³/mol. The second kappa shape index (κ2) is 5.95. The van der Waals surface area contributed by atoms with Crippen molar-refractivity contribution >= 4 is 0 Å². The van der Waals surface area contributed by atoms with Gasteiger partial charge in [0.05, 0.1) is 19.2 Å². The molecule has 1 fully saturated rings. The van der Waals surface area contributed by atoms with Crippen LogP contribution >= 0.6 is 0 Å². The molecular formula is C10H17N2O. The summed E-state index contributed by atoms with van der Waals surface area (Å²) in [5.74, 6) is 0.740. The minimum atomic E-state index is 0.0679. The van der Waals surface area contributed by atoms with Crippen molar-refractivity contribution in [3.63, 3.8) is 0 Å². The number of hydrogen-bond donors (Lipinski definition) is 0. The molecule has 0 aliphatic carbocycles. The van der Waals surface area contributed by atoms with Gasteiger partial charge >= 0.3 is 0 Å². The topological polar surface area (TPSA) is 46.9 Å². The van der Waals surface area contributed by atoms with Gasteiger partial charge in [0.15, 0.2) is 0 Å². The SMILES string of the molecule is N#CCN1CCC(CCC[O])CC1. The number of nitrogens with zero attached hydrogens (tertiary/aromatic N) is 2. The van der Waals surface area contributed by atoms with Crippen molar-refractivity contribution in [1.82, 2.24) is 4.90 Å². The zero-order chi connectivity index (χ0) is 9.52. The van der Waals surface area contributed by atoms with Crippen LogP contribution in [0.5, 0.6) is 0 Å². The summed E-state index contributed by atoms with van der Waals surface area (Å²) in [4.78, 5) is 2.19. The van der Waals surface area contributed by atoms with E-state index in [2.05, 4.69) is 11.0 Å². The summed E-state index contributed by atoms with van der Waals surface area (Å²) >= 11 is 0. The summed E-state index contributed by atoms with van der Waals surface area (Å²) < 4.78 is 0. The third-order valence-electron chi connectivity index (χ3n) is 2.76. The molecule has 1 heterocycles. The molecule has 3 heteroatoms. The van der Waals surface area contributed by atoms with Crippen molar-refractivity contribution < 1.29 is 5.11 Å². The van der Waals surface area contributed by atoms with Crippen LogP contribution in [0.25, 0.3) is 0 Å². The molecule has 0 unspecified atom stereocenters. The Labute approximate surface area is 80.0 Å². The molecule has 0 saturated carbocycles. The number of likely N-dealkylation sites (tertiary alicyclic amines) is 1. The van der Waals surface area contributed by atoms with Crippen LogP contribution in [-0.4, -0.2) is 31.1 Å². The van der Waals surface area contributed by atoms with Gasteiger partial charge in [0.25, 0.3) is 0 Å². The number of hydrogen-bond acceptors (Lipinski definition) is 2. The second-order valence-corrected chi connectivity index (χ2v) is 3.72. The Morgan fingerprint density at radius 3 is 2.62 bits per heavy atom. The maximum atomic E-state index is 10.3. The summed E-state index contributed by atoms with van der Waals surface area (Å²) in [6.07, 6.45) is 4.25. The molecule has 1 aliphatic rings. The highest BCUT2D eigenvalue weighted by molar-refractivity contribution is 4.80. The quantitative estimate of drug-likeness (QED) is 0.616. The van der Waals surface area contributed by atoms with Crippen LogP contribution < -0.4 is 0 Å². The summed E-state index contributed by atoms with van der Waals surface area (Å²) in [5, 5.41) is 18.8. The third kappa shape index (κ3) is 3.75. The molecule has 0 aromatic carbocycles. The number of piperidine rings is 1. The molecule has 0 aromatic rings. The van der Waals surface area contributed by atoms with Gasteiger partial charge < -0.3 is 0 Å².